The van der Waals surface area contributed by atoms with Gasteiger partial charge in [0.05, 0.1) is 0 Å². The minimum atomic E-state index is -0.444. The van der Waals surface area contributed by atoms with Gasteiger partial charge in [-0.3, -0.25) is 0 Å². The van der Waals surface area contributed by atoms with Gasteiger partial charge in [-0.25, -0.2) is 0 Å². The van der Waals surface area contributed by atoms with Gasteiger partial charge in [-0.15, -0.1) is 7.80 Å². The highest BCUT2D eigenvalue weighted by Gasteiger charge is 2.33. The largest absolute Gasteiger partial charge is 0.142 e. The molecule has 1 aliphatic rings. The van der Waals surface area contributed by atoms with E-state index in [-0.39, 0.29) is 0 Å². The molecule has 1 heterocycles. The summed E-state index contributed by atoms with van der Waals surface area (Å²) in [6.07, 6.45) is 2.46. The molecule has 0 bridgehead atoms. The summed E-state index contributed by atoms with van der Waals surface area (Å²) >= 11 is 0. The zero-order chi connectivity index (χ0) is 12.4. The number of hydrogen-bond acceptors (Lipinski definition) is 0. The fourth-order valence-corrected chi connectivity index (χ4v) is 5.22. The van der Waals surface area contributed by atoms with Gasteiger partial charge >= 0.3 is 0 Å². The molecule has 0 aliphatic carbocycles. The molecule has 2 radical (unpaired) electrons. The summed E-state index contributed by atoms with van der Waals surface area (Å²) in [5, 5.41) is 0. The Bertz CT molecular complexity index is 450. The average molecular weight is 250 g/mol. The van der Waals surface area contributed by atoms with Gasteiger partial charge in [-0.2, -0.15) is 0 Å². The van der Waals surface area contributed by atoms with Crippen molar-refractivity contribution in [3.05, 3.63) is 71.8 Å². The summed E-state index contributed by atoms with van der Waals surface area (Å²) in [5.74, 6) is 0. The van der Waals surface area contributed by atoms with Crippen LogP contribution < -0.4 is 0 Å². The number of hydrogen-bond donors (Lipinski definition) is 0. The predicted molar refractivity (Wildman–Crippen MR) is 80.3 cm³/mol. The molecule has 1 fully saturated rings. The second-order valence-electron chi connectivity index (χ2n) is 4.88. The Morgan fingerprint density at radius 3 is 1.50 bits per heavy atom. The van der Waals surface area contributed by atoms with Crippen LogP contribution in [0.2, 0.25) is 0 Å². The van der Waals surface area contributed by atoms with Gasteiger partial charge in [0.15, 0.2) is 0 Å². The van der Waals surface area contributed by atoms with E-state index in [2.05, 4.69) is 60.7 Å². The Labute approximate surface area is 112 Å². The first-order valence-electron chi connectivity index (χ1n) is 6.49. The quantitative estimate of drug-likeness (QED) is 0.529. The van der Waals surface area contributed by atoms with Gasteiger partial charge in [0.25, 0.3) is 0 Å². The summed E-state index contributed by atoms with van der Waals surface area (Å²) in [7, 11) is 6.11. The lowest BCUT2D eigenvalue weighted by Crippen LogP contribution is -1.93. The van der Waals surface area contributed by atoms with Gasteiger partial charge < -0.3 is 0 Å². The lowest BCUT2D eigenvalue weighted by molar-refractivity contribution is 0.765. The molecule has 0 nitrogen and oxygen atoms in total. The van der Waals surface area contributed by atoms with Crippen molar-refractivity contribution in [1.82, 2.24) is 0 Å². The van der Waals surface area contributed by atoms with Crippen LogP contribution in [0.25, 0.3) is 0 Å². The molecule has 3 rings (SSSR count). The molecule has 0 saturated carbocycles. The number of rotatable bonds is 2. The molecular weight excluding hydrogens is 234 g/mol. The summed E-state index contributed by atoms with van der Waals surface area (Å²) in [6, 6.07) is 21.5. The van der Waals surface area contributed by atoms with Crippen molar-refractivity contribution in [3.8, 4) is 0 Å². The van der Waals surface area contributed by atoms with Crippen LogP contribution in [0, 0.1) is 0 Å². The molecule has 0 amide bonds. The fraction of sp³-hybridized carbons (Fsp3) is 0.250. The molecule has 2 atom stereocenters. The van der Waals surface area contributed by atoms with Crippen LogP contribution in [0.3, 0.4) is 0 Å². The first kappa shape index (κ1) is 12.0. The molecule has 2 heteroatoms. The van der Waals surface area contributed by atoms with E-state index in [1.807, 2.05) is 0 Å². The Kier molecular flexibility index (Phi) is 3.52. The van der Waals surface area contributed by atoms with E-state index in [1.54, 1.807) is 0 Å². The molecule has 18 heavy (non-hydrogen) atoms. The normalized spacial score (nSPS) is 24.2. The Hall–Kier alpha value is -1.07. The Morgan fingerprint density at radius 2 is 1.11 bits per heavy atom. The van der Waals surface area contributed by atoms with Crippen molar-refractivity contribution in [1.29, 1.82) is 0 Å². The molecule has 0 unspecified atom stereocenters. The predicted octanol–water partition coefficient (Wildman–Crippen LogP) is 4.83. The van der Waals surface area contributed by atoms with Crippen LogP contribution in [0.1, 0.15) is 35.3 Å². The lowest BCUT2D eigenvalue weighted by atomic mass is 10.0. The van der Waals surface area contributed by atoms with Crippen LogP contribution in [-0.2, 0) is 0 Å². The molecule has 0 spiro atoms. The minimum absolute atomic E-state index is 0.444. The molecular formula is C16H16BP. The molecule has 88 valence electrons. The summed E-state index contributed by atoms with van der Waals surface area (Å²) in [5.41, 5.74) is 3.99. The van der Waals surface area contributed by atoms with E-state index in [9.17, 15) is 0 Å². The zero-order valence-electron chi connectivity index (χ0n) is 10.4. The third kappa shape index (κ3) is 2.25. The second kappa shape index (κ2) is 5.28. The van der Waals surface area contributed by atoms with Crippen molar-refractivity contribution in [2.75, 3.05) is 0 Å². The first-order valence-corrected chi connectivity index (χ1v) is 8.04. The smallest absolute Gasteiger partial charge is 0.110 e. The van der Waals surface area contributed by atoms with Crippen molar-refractivity contribution >= 4 is 15.4 Å². The summed E-state index contributed by atoms with van der Waals surface area (Å²) < 4.78 is 0. The summed E-state index contributed by atoms with van der Waals surface area (Å²) in [4.78, 5) is 0. The van der Waals surface area contributed by atoms with Crippen LogP contribution in [-0.4, -0.2) is 7.57 Å². The van der Waals surface area contributed by atoms with Crippen LogP contribution in [0.4, 0.5) is 0 Å². The van der Waals surface area contributed by atoms with Crippen molar-refractivity contribution in [2.24, 2.45) is 0 Å². The monoisotopic (exact) mass is 250 g/mol. The van der Waals surface area contributed by atoms with E-state index < -0.39 is 7.80 Å². The molecule has 2 aromatic rings. The van der Waals surface area contributed by atoms with E-state index in [0.29, 0.717) is 11.3 Å². The maximum atomic E-state index is 6.55. The van der Waals surface area contributed by atoms with E-state index in [1.165, 1.54) is 24.0 Å². The van der Waals surface area contributed by atoms with Crippen molar-refractivity contribution in [2.45, 2.75) is 24.2 Å². The van der Waals surface area contributed by atoms with Gasteiger partial charge in [-0.1, -0.05) is 60.7 Å². The van der Waals surface area contributed by atoms with E-state index in [4.69, 9.17) is 7.57 Å². The first-order chi connectivity index (χ1) is 8.86. The van der Waals surface area contributed by atoms with Gasteiger partial charge in [0, 0.05) is 0 Å². The summed E-state index contributed by atoms with van der Waals surface area (Å²) in [6.45, 7) is 0. The topological polar surface area (TPSA) is 0 Å². The highest BCUT2D eigenvalue weighted by Crippen LogP contribution is 2.67. The highest BCUT2D eigenvalue weighted by atomic mass is 31.1. The minimum Gasteiger partial charge on any atom is -0.142 e. The third-order valence-electron chi connectivity index (χ3n) is 3.80. The van der Waals surface area contributed by atoms with Gasteiger partial charge in [0.2, 0.25) is 0 Å². The van der Waals surface area contributed by atoms with Crippen LogP contribution >= 0.6 is 7.80 Å². The number of benzene rings is 2. The van der Waals surface area contributed by atoms with Crippen molar-refractivity contribution < 1.29 is 0 Å². The van der Waals surface area contributed by atoms with E-state index >= 15 is 0 Å². The average Bonchev–Trinajstić information content (AvgIpc) is 2.83. The molecule has 1 saturated heterocycles. The highest BCUT2D eigenvalue weighted by molar-refractivity contribution is 7.82. The molecule has 0 aromatic heterocycles. The lowest BCUT2D eigenvalue weighted by Gasteiger charge is -2.23. The fourth-order valence-electron chi connectivity index (χ4n) is 2.86. The maximum Gasteiger partial charge on any atom is 0.110 e. The van der Waals surface area contributed by atoms with Crippen LogP contribution in [0.5, 0.6) is 0 Å². The zero-order valence-corrected chi connectivity index (χ0v) is 11.3. The standard InChI is InChI=1S/C16H16BP/c17-18-15(13-7-3-1-4-8-13)11-12-16(18)14-9-5-2-6-10-14/h1-10,15-16H,11-12H2/t15-,16-/m1/s1. The van der Waals surface area contributed by atoms with Gasteiger partial charge in [0.1, 0.15) is 7.57 Å². The maximum absolute atomic E-state index is 6.55. The second-order valence-corrected chi connectivity index (χ2v) is 7.02. The SMILES string of the molecule is [B]P1[C@@H](c2ccccc2)CC[C@@H]1c1ccccc1. The van der Waals surface area contributed by atoms with Crippen LogP contribution in [0.15, 0.2) is 60.7 Å². The molecule has 2 aromatic carbocycles. The van der Waals surface area contributed by atoms with Gasteiger partial charge in [-0.05, 0) is 35.3 Å². The molecule has 0 N–H and O–H groups in total. The molecule has 1 aliphatic heterocycles. The Morgan fingerprint density at radius 1 is 0.722 bits per heavy atom. The van der Waals surface area contributed by atoms with E-state index in [0.717, 1.165) is 0 Å². The third-order valence-corrected chi connectivity index (χ3v) is 6.35. The van der Waals surface area contributed by atoms with Crippen molar-refractivity contribution in [3.63, 3.8) is 0 Å². The Balaban J connectivity index is 1.83.